The van der Waals surface area contributed by atoms with Crippen LogP contribution in [-0.2, 0) is 4.79 Å². The number of aromatic amines is 1. The van der Waals surface area contributed by atoms with Crippen molar-refractivity contribution in [2.75, 3.05) is 11.9 Å². The summed E-state index contributed by atoms with van der Waals surface area (Å²) in [5.41, 5.74) is -0.584. The number of pyridine rings is 1. The van der Waals surface area contributed by atoms with Crippen LogP contribution in [0, 0.1) is 5.82 Å². The monoisotopic (exact) mass is 436 g/mol. The van der Waals surface area contributed by atoms with Gasteiger partial charge in [0.25, 0.3) is 0 Å². The van der Waals surface area contributed by atoms with Gasteiger partial charge in [-0.1, -0.05) is 11.6 Å². The fourth-order valence-corrected chi connectivity index (χ4v) is 2.66. The number of carbonyl (C=O) groups is 1. The third-order valence-corrected chi connectivity index (χ3v) is 4.14. The molecule has 0 aromatic carbocycles. The van der Waals surface area contributed by atoms with Crippen molar-refractivity contribution in [2.24, 2.45) is 0 Å². The second-order valence-electron chi connectivity index (χ2n) is 6.69. The van der Waals surface area contributed by atoms with Crippen LogP contribution in [0.25, 0.3) is 22.4 Å². The summed E-state index contributed by atoms with van der Waals surface area (Å²) in [5, 5.41) is 5.25. The Kier molecular flexibility index (Phi) is 5.35. The number of rotatable bonds is 5. The maximum atomic E-state index is 14.2. The molecule has 0 unspecified atom stereocenters. The zero-order chi connectivity index (χ0) is 21.4. The molecule has 3 rings (SSSR count). The highest BCUT2D eigenvalue weighted by atomic mass is 35.5. The molecule has 3 aromatic heterocycles. The number of nitrogens with one attached hydrogen (secondary N) is 3. The van der Waals surface area contributed by atoms with Crippen LogP contribution < -0.4 is 10.6 Å². The van der Waals surface area contributed by atoms with Gasteiger partial charge in [0.2, 0.25) is 5.91 Å². The summed E-state index contributed by atoms with van der Waals surface area (Å²) < 4.78 is 51.2. The number of H-pyrrole nitrogens is 1. The quantitative estimate of drug-likeness (QED) is 0.514. The molecule has 0 aliphatic carbocycles. The summed E-state index contributed by atoms with van der Waals surface area (Å²) in [6.45, 7) is 1.10. The normalized spacial score (nSPS) is 12.2. The van der Waals surface area contributed by atoms with Crippen LogP contribution in [0.5, 0.6) is 0 Å². The van der Waals surface area contributed by atoms with Gasteiger partial charge in [0, 0.05) is 27.6 Å². The SMILES string of the molecule is CC(C)(Nc1nc(-c2c[nH]c3ncc(Cl)cc23)ncc1F)C(=O)NCC(F)(F)F.[HH].[HH].[HH]. The second-order valence-corrected chi connectivity index (χ2v) is 7.13. The minimum absolute atomic E-state index is 0. The largest absolute Gasteiger partial charge is 0.405 e. The van der Waals surface area contributed by atoms with Gasteiger partial charge >= 0.3 is 6.18 Å². The standard InChI is InChI=1S/C17H15ClF4N6O.3H2/c1-16(2,15(29)26-7-17(20,21)22)28-14-11(19)6-25-13(27-14)10-5-24-12-9(10)3-8(18)4-23-12;;;/h3-6H,7H2,1-2H3,(H,23,24)(H,26,29)(H,25,27,28);3*1H. The van der Waals surface area contributed by atoms with Crippen LogP contribution in [0.15, 0.2) is 24.7 Å². The van der Waals surface area contributed by atoms with Crippen LogP contribution in [0.3, 0.4) is 0 Å². The van der Waals surface area contributed by atoms with Crippen molar-refractivity contribution in [1.82, 2.24) is 25.3 Å². The van der Waals surface area contributed by atoms with E-state index in [0.29, 0.717) is 21.6 Å². The number of amides is 1. The first-order valence-corrected chi connectivity index (χ1v) is 8.63. The molecule has 0 saturated heterocycles. The molecule has 0 radical (unpaired) electrons. The van der Waals surface area contributed by atoms with Gasteiger partial charge in [0.05, 0.1) is 11.2 Å². The highest BCUT2D eigenvalue weighted by molar-refractivity contribution is 6.31. The molecule has 0 fully saturated rings. The minimum Gasteiger partial charge on any atom is -0.354 e. The number of nitrogens with zero attached hydrogens (tertiary/aromatic N) is 3. The molecule has 0 aliphatic heterocycles. The third kappa shape index (κ3) is 4.73. The maximum absolute atomic E-state index is 14.2. The Labute approximate surface area is 171 Å². The zero-order valence-electron chi connectivity index (χ0n) is 15.2. The molecule has 0 atom stereocenters. The Hall–Kier alpha value is -2.95. The number of aromatic nitrogens is 4. The van der Waals surface area contributed by atoms with E-state index in [1.54, 1.807) is 17.6 Å². The first-order chi connectivity index (χ1) is 13.5. The fourth-order valence-electron chi connectivity index (χ4n) is 2.50. The Morgan fingerprint density at radius 3 is 2.69 bits per heavy atom. The number of anilines is 1. The van der Waals surface area contributed by atoms with Crippen molar-refractivity contribution >= 4 is 34.4 Å². The summed E-state index contributed by atoms with van der Waals surface area (Å²) in [7, 11) is 0. The summed E-state index contributed by atoms with van der Waals surface area (Å²) in [4.78, 5) is 27.1. The van der Waals surface area contributed by atoms with Gasteiger partial charge in [-0.25, -0.2) is 19.3 Å². The van der Waals surface area contributed by atoms with E-state index in [2.05, 4.69) is 25.3 Å². The molecule has 0 saturated carbocycles. The number of hydrogen-bond donors (Lipinski definition) is 3. The van der Waals surface area contributed by atoms with E-state index in [-0.39, 0.29) is 15.9 Å². The van der Waals surface area contributed by atoms with Crippen LogP contribution >= 0.6 is 11.6 Å². The molecule has 1 amide bonds. The van der Waals surface area contributed by atoms with E-state index < -0.39 is 30.0 Å². The fraction of sp³-hybridized carbons (Fsp3) is 0.294. The van der Waals surface area contributed by atoms with Crippen LogP contribution in [0.1, 0.15) is 18.1 Å². The predicted molar refractivity (Wildman–Crippen MR) is 105 cm³/mol. The van der Waals surface area contributed by atoms with Crippen LogP contribution in [0.4, 0.5) is 23.4 Å². The second kappa shape index (κ2) is 7.47. The summed E-state index contributed by atoms with van der Waals surface area (Å²) in [5.74, 6) is -2.08. The van der Waals surface area contributed by atoms with Crippen LogP contribution in [0.2, 0.25) is 5.02 Å². The van der Waals surface area contributed by atoms with Gasteiger partial charge in [0.1, 0.15) is 17.7 Å². The van der Waals surface area contributed by atoms with Gasteiger partial charge < -0.3 is 15.6 Å². The Morgan fingerprint density at radius 1 is 1.28 bits per heavy atom. The topological polar surface area (TPSA) is 95.6 Å². The van der Waals surface area contributed by atoms with Gasteiger partial charge in [-0.15, -0.1) is 0 Å². The number of halogens is 5. The molecule has 0 spiro atoms. The van der Waals surface area contributed by atoms with Gasteiger partial charge in [-0.05, 0) is 19.9 Å². The lowest BCUT2D eigenvalue weighted by Gasteiger charge is -2.26. The van der Waals surface area contributed by atoms with Crippen molar-refractivity contribution in [2.45, 2.75) is 25.6 Å². The third-order valence-electron chi connectivity index (χ3n) is 3.93. The minimum atomic E-state index is -4.57. The molecule has 29 heavy (non-hydrogen) atoms. The first kappa shape index (κ1) is 20.8. The lowest BCUT2D eigenvalue weighted by atomic mass is 10.0. The molecule has 160 valence electrons. The summed E-state index contributed by atoms with van der Waals surface area (Å²) in [6.07, 6.45) is -0.661. The smallest absolute Gasteiger partial charge is 0.354 e. The van der Waals surface area contributed by atoms with E-state index in [0.717, 1.165) is 6.20 Å². The van der Waals surface area contributed by atoms with Crippen LogP contribution in [-0.4, -0.2) is 44.1 Å². The molecule has 3 heterocycles. The van der Waals surface area contributed by atoms with Crippen molar-refractivity contribution in [1.29, 1.82) is 0 Å². The predicted octanol–water partition coefficient (Wildman–Crippen LogP) is 4.42. The molecule has 0 bridgehead atoms. The van der Waals surface area contributed by atoms with E-state index in [4.69, 9.17) is 11.6 Å². The number of alkyl halides is 3. The van der Waals surface area contributed by atoms with E-state index >= 15 is 0 Å². The first-order valence-electron chi connectivity index (χ1n) is 8.25. The molecule has 0 aliphatic rings. The van der Waals surface area contributed by atoms with Crippen molar-refractivity contribution in [3.8, 4) is 11.4 Å². The average Bonchev–Trinajstić information content (AvgIpc) is 3.03. The molecule has 3 N–H and O–H groups in total. The van der Waals surface area contributed by atoms with E-state index in [1.807, 2.05) is 0 Å². The van der Waals surface area contributed by atoms with Crippen molar-refractivity contribution < 1.29 is 26.6 Å². The molecule has 12 heteroatoms. The lowest BCUT2D eigenvalue weighted by Crippen LogP contribution is -2.50. The number of hydrogen-bond acceptors (Lipinski definition) is 5. The van der Waals surface area contributed by atoms with Gasteiger partial charge in [-0.3, -0.25) is 4.79 Å². The number of fused-ring (bicyclic) bond motifs is 1. The highest BCUT2D eigenvalue weighted by Crippen LogP contribution is 2.28. The number of carbonyl (C=O) groups excluding carboxylic acids is 1. The Balaban J connectivity index is 0.00000320. The molecular formula is C17H21ClF4N6O. The maximum Gasteiger partial charge on any atom is 0.405 e. The van der Waals surface area contributed by atoms with E-state index in [1.165, 1.54) is 20.0 Å². The summed E-state index contributed by atoms with van der Waals surface area (Å²) >= 11 is 5.96. The average molecular weight is 437 g/mol. The van der Waals surface area contributed by atoms with Crippen molar-refractivity contribution in [3.63, 3.8) is 0 Å². The Morgan fingerprint density at radius 2 is 2.00 bits per heavy atom. The van der Waals surface area contributed by atoms with Crippen molar-refractivity contribution in [3.05, 3.63) is 35.5 Å². The molecular weight excluding hydrogens is 416 g/mol. The van der Waals surface area contributed by atoms with Gasteiger partial charge in [0.15, 0.2) is 17.5 Å². The summed E-state index contributed by atoms with van der Waals surface area (Å²) in [6, 6.07) is 1.63. The lowest BCUT2D eigenvalue weighted by molar-refractivity contribution is -0.140. The highest BCUT2D eigenvalue weighted by Gasteiger charge is 2.34. The van der Waals surface area contributed by atoms with E-state index in [9.17, 15) is 22.4 Å². The Bertz CT molecular complexity index is 1080. The zero-order valence-corrected chi connectivity index (χ0v) is 15.9. The molecule has 3 aromatic rings. The van der Waals surface area contributed by atoms with Gasteiger partial charge in [-0.2, -0.15) is 13.2 Å². The molecule has 7 nitrogen and oxygen atoms in total.